The van der Waals surface area contributed by atoms with Crippen LogP contribution in [0.25, 0.3) is 16.7 Å². The lowest BCUT2D eigenvalue weighted by Crippen LogP contribution is -3.26. The summed E-state index contributed by atoms with van der Waals surface area (Å²) in [5.74, 6) is 1.35. The molecule has 202 valence electrons. The van der Waals surface area contributed by atoms with Gasteiger partial charge < -0.3 is 39.0 Å². The maximum absolute atomic E-state index is 13.6. The Bertz CT molecular complexity index is 1520. The van der Waals surface area contributed by atoms with Gasteiger partial charge in [-0.15, -0.1) is 0 Å². The molecule has 3 aromatic heterocycles. The minimum absolute atomic E-state index is 0. The van der Waals surface area contributed by atoms with E-state index in [1.807, 2.05) is 53.1 Å². The first-order valence-electron chi connectivity index (χ1n) is 12.7. The lowest BCUT2D eigenvalue weighted by Gasteiger charge is -2.29. The topological polar surface area (TPSA) is 94.1 Å². The zero-order valence-electron chi connectivity index (χ0n) is 21.9. The number of hydrogen-bond donors (Lipinski definition) is 2. The van der Waals surface area contributed by atoms with Crippen LogP contribution in [0, 0.1) is 18.3 Å². The van der Waals surface area contributed by atoms with E-state index in [4.69, 9.17) is 9.72 Å². The number of halogens is 2. The van der Waals surface area contributed by atoms with Crippen molar-refractivity contribution in [3.63, 3.8) is 0 Å². The number of nitrogens with zero attached hydrogens (tertiary/aromatic N) is 5. The van der Waals surface area contributed by atoms with Gasteiger partial charge in [-0.05, 0) is 19.1 Å². The summed E-state index contributed by atoms with van der Waals surface area (Å²) < 4.78 is 9.14. The predicted octanol–water partition coefficient (Wildman–Crippen LogP) is -5.69. The lowest BCUT2D eigenvalue weighted by molar-refractivity contribution is -0.986. The van der Waals surface area contributed by atoms with E-state index in [1.165, 1.54) is 4.90 Å². The maximum Gasteiger partial charge on any atom is 0.277 e. The second kappa shape index (κ2) is 12.6. The SMILES string of the molecule is CCc1nc(C)c2c(=O)n(CCC[NH+]3CC[NH+](c4ccccc4C#N)CC3)c3ccc(OC)nc3n12.[Cl-].[Cl-]. The molecule has 4 heterocycles. The highest BCUT2D eigenvalue weighted by atomic mass is 35.5. The van der Waals surface area contributed by atoms with Crippen molar-refractivity contribution in [3.8, 4) is 11.9 Å². The molecule has 38 heavy (non-hydrogen) atoms. The Morgan fingerprint density at radius 2 is 1.82 bits per heavy atom. The van der Waals surface area contributed by atoms with Crippen LogP contribution in [-0.2, 0) is 13.0 Å². The van der Waals surface area contributed by atoms with Crippen LogP contribution >= 0.6 is 0 Å². The van der Waals surface area contributed by atoms with Crippen molar-refractivity contribution < 1.29 is 39.4 Å². The summed E-state index contributed by atoms with van der Waals surface area (Å²) in [6.07, 6.45) is 1.60. The minimum atomic E-state index is -0.0171. The maximum atomic E-state index is 13.6. The number of rotatable bonds is 7. The molecule has 0 amide bonds. The summed E-state index contributed by atoms with van der Waals surface area (Å²) in [5, 5.41) is 9.44. The molecular weight excluding hydrogens is 525 g/mol. The third-order valence-corrected chi connectivity index (χ3v) is 7.33. The summed E-state index contributed by atoms with van der Waals surface area (Å²) in [4.78, 5) is 25.9. The number of hydrogen-bond acceptors (Lipinski definition) is 5. The second-order valence-electron chi connectivity index (χ2n) is 9.42. The average Bonchev–Trinajstić information content (AvgIpc) is 3.27. The zero-order valence-corrected chi connectivity index (χ0v) is 23.4. The second-order valence-corrected chi connectivity index (χ2v) is 9.42. The number of imidazole rings is 1. The molecule has 1 aliphatic heterocycles. The van der Waals surface area contributed by atoms with Crippen molar-refractivity contribution in [2.24, 2.45) is 0 Å². The Morgan fingerprint density at radius 3 is 2.50 bits per heavy atom. The summed E-state index contributed by atoms with van der Waals surface area (Å²) >= 11 is 0. The van der Waals surface area contributed by atoms with E-state index in [1.54, 1.807) is 12.0 Å². The molecule has 9 nitrogen and oxygen atoms in total. The predicted molar refractivity (Wildman–Crippen MR) is 137 cm³/mol. The Kier molecular flexibility index (Phi) is 9.74. The number of methoxy groups -OCH3 is 1. The number of quaternary nitrogens is 2. The molecule has 0 unspecified atom stereocenters. The number of piperazine rings is 1. The average molecular weight is 559 g/mol. The summed E-state index contributed by atoms with van der Waals surface area (Å²) in [7, 11) is 1.60. The molecule has 11 heteroatoms. The first-order chi connectivity index (χ1) is 17.5. The lowest BCUT2D eigenvalue weighted by atomic mass is 10.1. The first kappa shape index (κ1) is 29.4. The Labute approximate surface area is 234 Å². The summed E-state index contributed by atoms with van der Waals surface area (Å²) in [6, 6.07) is 14.0. The van der Waals surface area contributed by atoms with E-state index in [0.29, 0.717) is 30.0 Å². The Balaban J connectivity index is 0.00000200. The van der Waals surface area contributed by atoms with E-state index in [2.05, 4.69) is 17.1 Å². The van der Waals surface area contributed by atoms with Crippen molar-refractivity contribution in [2.75, 3.05) is 39.8 Å². The molecule has 1 saturated heterocycles. The van der Waals surface area contributed by atoms with Crippen LogP contribution < -0.4 is 44.9 Å². The van der Waals surface area contributed by atoms with Gasteiger partial charge in [-0.1, -0.05) is 19.1 Å². The molecule has 0 atom stereocenters. The number of pyridine rings is 1. The third kappa shape index (κ3) is 5.36. The van der Waals surface area contributed by atoms with Crippen molar-refractivity contribution in [1.29, 1.82) is 5.26 Å². The van der Waals surface area contributed by atoms with E-state index in [0.717, 1.165) is 67.4 Å². The Morgan fingerprint density at radius 1 is 1.08 bits per heavy atom. The molecule has 1 aromatic carbocycles. The highest BCUT2D eigenvalue weighted by Gasteiger charge is 2.26. The number of benzene rings is 1. The number of para-hydroxylation sites is 1. The molecule has 0 saturated carbocycles. The first-order valence-corrected chi connectivity index (χ1v) is 12.7. The molecule has 4 aromatic rings. The number of nitriles is 1. The highest BCUT2D eigenvalue weighted by molar-refractivity contribution is 5.77. The van der Waals surface area contributed by atoms with Crippen molar-refractivity contribution >= 4 is 22.4 Å². The van der Waals surface area contributed by atoms with Gasteiger partial charge in [0.05, 0.1) is 24.9 Å². The minimum Gasteiger partial charge on any atom is -1.00 e. The van der Waals surface area contributed by atoms with Gasteiger partial charge in [-0.3, -0.25) is 14.1 Å². The van der Waals surface area contributed by atoms with Crippen LogP contribution in [-0.4, -0.2) is 58.8 Å². The van der Waals surface area contributed by atoms with Gasteiger partial charge in [0.1, 0.15) is 54.8 Å². The number of aryl methyl sites for hydroxylation is 3. The monoisotopic (exact) mass is 557 g/mol. The standard InChI is InChI=1S/C27H31N7O2.2ClH/c1-4-23-29-19(2)25-27(35)33(22-10-11-24(36-3)30-26(22)34(23)25)13-7-12-31-14-16-32(17-15-31)21-9-6-5-8-20(21)18-28;;/h5-6,8-11H,4,7,12-17H2,1-3H3;2*1H. The fourth-order valence-corrected chi connectivity index (χ4v) is 5.48. The molecule has 1 fully saturated rings. The Hall–Kier alpha value is -3.16. The molecule has 0 radical (unpaired) electrons. The molecule has 0 aliphatic carbocycles. The van der Waals surface area contributed by atoms with Gasteiger partial charge in [0.15, 0.2) is 5.65 Å². The smallest absolute Gasteiger partial charge is 0.277 e. The van der Waals surface area contributed by atoms with Gasteiger partial charge in [0, 0.05) is 31.5 Å². The summed E-state index contributed by atoms with van der Waals surface area (Å²) in [6.45, 7) is 9.65. The quantitative estimate of drug-likeness (QED) is 0.236. The summed E-state index contributed by atoms with van der Waals surface area (Å²) in [5.41, 5.74) is 4.71. The van der Waals surface area contributed by atoms with Gasteiger partial charge in [0.2, 0.25) is 5.88 Å². The fraction of sp³-hybridized carbons (Fsp3) is 0.407. The van der Waals surface area contributed by atoms with Crippen LogP contribution in [0.1, 0.15) is 30.4 Å². The molecule has 0 bridgehead atoms. The largest absolute Gasteiger partial charge is 1.00 e. The van der Waals surface area contributed by atoms with Gasteiger partial charge in [-0.25, -0.2) is 4.98 Å². The normalized spacial score (nSPS) is 17.0. The van der Waals surface area contributed by atoms with E-state index < -0.39 is 0 Å². The van der Waals surface area contributed by atoms with Crippen LogP contribution in [0.5, 0.6) is 5.88 Å². The molecule has 2 N–H and O–H groups in total. The van der Waals surface area contributed by atoms with Crippen molar-refractivity contribution in [2.45, 2.75) is 33.2 Å². The van der Waals surface area contributed by atoms with Gasteiger partial charge >= 0.3 is 0 Å². The van der Waals surface area contributed by atoms with Crippen molar-refractivity contribution in [1.82, 2.24) is 18.9 Å². The van der Waals surface area contributed by atoms with Crippen LogP contribution in [0.2, 0.25) is 0 Å². The van der Waals surface area contributed by atoms with Crippen molar-refractivity contribution in [3.05, 3.63) is 63.8 Å². The molecule has 0 spiro atoms. The molecular formula is C27H33Cl2N7O2. The van der Waals surface area contributed by atoms with Crippen LogP contribution in [0.15, 0.2) is 41.2 Å². The van der Waals surface area contributed by atoms with Crippen LogP contribution in [0.4, 0.5) is 5.69 Å². The van der Waals surface area contributed by atoms with E-state index in [-0.39, 0.29) is 30.4 Å². The number of aromatic nitrogens is 4. The highest BCUT2D eigenvalue weighted by Crippen LogP contribution is 2.21. The molecule has 5 rings (SSSR count). The number of nitrogens with one attached hydrogen (secondary N) is 2. The third-order valence-electron chi connectivity index (χ3n) is 7.33. The van der Waals surface area contributed by atoms with Gasteiger partial charge in [-0.2, -0.15) is 10.2 Å². The van der Waals surface area contributed by atoms with E-state index >= 15 is 0 Å². The fourth-order valence-electron chi connectivity index (χ4n) is 5.48. The van der Waals surface area contributed by atoms with E-state index in [9.17, 15) is 10.1 Å². The van der Waals surface area contributed by atoms with Gasteiger partial charge in [0.25, 0.3) is 5.56 Å². The zero-order chi connectivity index (χ0) is 25.2. The number of ether oxygens (including phenoxy) is 1. The number of fused-ring (bicyclic) bond motifs is 3. The molecule has 1 aliphatic rings. The van der Waals surface area contributed by atoms with Crippen LogP contribution in [0.3, 0.4) is 0 Å².